The van der Waals surface area contributed by atoms with E-state index in [9.17, 15) is 17.6 Å². The first-order valence-corrected chi connectivity index (χ1v) is 11.2. The molecule has 1 amide bonds. The van der Waals surface area contributed by atoms with E-state index in [4.69, 9.17) is 0 Å². The van der Waals surface area contributed by atoms with Gasteiger partial charge in [0.25, 0.3) is 15.9 Å². The molecule has 1 N–H and O–H groups in total. The highest BCUT2D eigenvalue weighted by Crippen LogP contribution is 2.25. The first kappa shape index (κ1) is 22.2. The summed E-state index contributed by atoms with van der Waals surface area (Å²) >= 11 is 1.73. The van der Waals surface area contributed by atoms with Crippen LogP contribution in [0.2, 0.25) is 0 Å². The minimum absolute atomic E-state index is 0.0587. The summed E-state index contributed by atoms with van der Waals surface area (Å²) in [7, 11) is -2.72. The van der Waals surface area contributed by atoms with Crippen molar-refractivity contribution in [2.45, 2.75) is 30.4 Å². The average Bonchev–Trinajstić information content (AvgIpc) is 2.64. The molecular formula is C20H25FN2O3S2. The second-order valence-corrected chi connectivity index (χ2v) is 11.1. The van der Waals surface area contributed by atoms with Gasteiger partial charge in [0, 0.05) is 29.7 Å². The van der Waals surface area contributed by atoms with Gasteiger partial charge in [-0.1, -0.05) is 39.0 Å². The molecule has 0 radical (unpaired) electrons. The molecule has 0 saturated heterocycles. The third kappa shape index (κ3) is 5.72. The summed E-state index contributed by atoms with van der Waals surface area (Å²) in [6.45, 7) is 6.77. The lowest BCUT2D eigenvalue weighted by molar-refractivity contribution is 0.0956. The van der Waals surface area contributed by atoms with Gasteiger partial charge in [0.2, 0.25) is 0 Å². The molecular weight excluding hydrogens is 399 g/mol. The number of hydrogen-bond donors (Lipinski definition) is 1. The topological polar surface area (TPSA) is 66.5 Å². The molecule has 0 atom stereocenters. The maximum absolute atomic E-state index is 14.0. The molecule has 0 aliphatic rings. The molecule has 0 saturated carbocycles. The second-order valence-electron chi connectivity index (χ2n) is 7.17. The van der Waals surface area contributed by atoms with Crippen LogP contribution in [0.5, 0.6) is 0 Å². The van der Waals surface area contributed by atoms with Crippen molar-refractivity contribution in [2.75, 3.05) is 23.7 Å². The Morgan fingerprint density at radius 2 is 1.82 bits per heavy atom. The monoisotopic (exact) mass is 424 g/mol. The van der Waals surface area contributed by atoms with Gasteiger partial charge < -0.3 is 5.32 Å². The number of nitrogens with one attached hydrogen (secondary N) is 1. The quantitative estimate of drug-likeness (QED) is 0.685. The van der Waals surface area contributed by atoms with E-state index in [0.29, 0.717) is 6.54 Å². The lowest BCUT2D eigenvalue weighted by Gasteiger charge is -2.20. The standard InChI is InChI=1S/C20H25FN2O3S2/c1-20(2,3)27-13-12-22-19(24)15-8-7-9-16(14-15)28(25,26)23(4)18-11-6-5-10-17(18)21/h5-11,14H,12-13H2,1-4H3,(H,22,24). The molecule has 2 aromatic carbocycles. The minimum atomic E-state index is -4.01. The van der Waals surface area contributed by atoms with Gasteiger partial charge >= 0.3 is 0 Å². The van der Waals surface area contributed by atoms with E-state index in [1.807, 2.05) is 0 Å². The van der Waals surface area contributed by atoms with Gasteiger partial charge in [0.1, 0.15) is 5.82 Å². The Kier molecular flexibility index (Phi) is 7.11. The van der Waals surface area contributed by atoms with Gasteiger partial charge in [0.05, 0.1) is 10.6 Å². The molecule has 0 fully saturated rings. The second kappa shape index (κ2) is 8.96. The molecule has 0 bridgehead atoms. The number of nitrogens with zero attached hydrogens (tertiary/aromatic N) is 1. The summed E-state index contributed by atoms with van der Waals surface area (Å²) in [4.78, 5) is 12.3. The van der Waals surface area contributed by atoms with Crippen molar-refractivity contribution in [1.29, 1.82) is 0 Å². The van der Waals surface area contributed by atoms with E-state index in [1.165, 1.54) is 43.4 Å². The molecule has 8 heteroatoms. The van der Waals surface area contributed by atoms with Gasteiger partial charge in [-0.05, 0) is 30.3 Å². The number of rotatable bonds is 7. The fraction of sp³-hybridized carbons (Fsp3) is 0.350. The molecule has 5 nitrogen and oxygen atoms in total. The highest BCUT2D eigenvalue weighted by atomic mass is 32.2. The number of amides is 1. The van der Waals surface area contributed by atoms with Crippen LogP contribution in [0.3, 0.4) is 0 Å². The molecule has 0 aromatic heterocycles. The third-order valence-corrected chi connectivity index (χ3v) is 6.91. The predicted molar refractivity (Wildman–Crippen MR) is 113 cm³/mol. The van der Waals surface area contributed by atoms with Gasteiger partial charge in [0.15, 0.2) is 0 Å². The molecule has 0 aliphatic carbocycles. The van der Waals surface area contributed by atoms with Crippen molar-refractivity contribution in [2.24, 2.45) is 0 Å². The Hall–Kier alpha value is -2.06. The normalized spacial score (nSPS) is 11.9. The summed E-state index contributed by atoms with van der Waals surface area (Å²) in [5.41, 5.74) is 0.181. The largest absolute Gasteiger partial charge is 0.351 e. The van der Waals surface area contributed by atoms with Crippen LogP contribution in [0.25, 0.3) is 0 Å². The fourth-order valence-electron chi connectivity index (χ4n) is 2.42. The van der Waals surface area contributed by atoms with E-state index in [1.54, 1.807) is 23.9 Å². The zero-order valence-corrected chi connectivity index (χ0v) is 18.0. The zero-order valence-electron chi connectivity index (χ0n) is 16.4. The van der Waals surface area contributed by atoms with E-state index >= 15 is 0 Å². The van der Waals surface area contributed by atoms with E-state index in [-0.39, 0.29) is 26.8 Å². The van der Waals surface area contributed by atoms with E-state index < -0.39 is 15.8 Å². The van der Waals surface area contributed by atoms with Gasteiger partial charge in [-0.25, -0.2) is 12.8 Å². The molecule has 0 spiro atoms. The number of carbonyl (C=O) groups is 1. The minimum Gasteiger partial charge on any atom is -0.351 e. The van der Waals surface area contributed by atoms with E-state index in [2.05, 4.69) is 26.1 Å². The van der Waals surface area contributed by atoms with Gasteiger partial charge in [-0.15, -0.1) is 0 Å². The predicted octanol–water partition coefficient (Wildman–Crippen LogP) is 3.91. The Labute approximate surface area is 170 Å². The number of thioether (sulfide) groups is 1. The lowest BCUT2D eigenvalue weighted by Crippen LogP contribution is -2.29. The average molecular weight is 425 g/mol. The van der Waals surface area contributed by atoms with Crippen LogP contribution < -0.4 is 9.62 Å². The Bertz CT molecular complexity index is 940. The van der Waals surface area contributed by atoms with Crippen molar-refractivity contribution in [3.8, 4) is 0 Å². The summed E-state index contributed by atoms with van der Waals surface area (Å²) in [5, 5.41) is 2.79. The first-order valence-electron chi connectivity index (χ1n) is 8.78. The Morgan fingerprint density at radius 3 is 2.46 bits per heavy atom. The molecule has 2 aromatic rings. The summed E-state index contributed by atoms with van der Waals surface area (Å²) < 4.78 is 40.7. The smallest absolute Gasteiger partial charge is 0.264 e. The number of sulfonamides is 1. The molecule has 152 valence electrons. The maximum Gasteiger partial charge on any atom is 0.264 e. The van der Waals surface area contributed by atoms with Gasteiger partial charge in [-0.3, -0.25) is 9.10 Å². The Morgan fingerprint density at radius 1 is 1.14 bits per heavy atom. The number of para-hydroxylation sites is 1. The van der Waals surface area contributed by atoms with Crippen molar-refractivity contribution in [3.05, 3.63) is 59.9 Å². The molecule has 0 heterocycles. The molecule has 28 heavy (non-hydrogen) atoms. The number of benzene rings is 2. The van der Waals surface area contributed by atoms with Crippen LogP contribution in [0.15, 0.2) is 53.4 Å². The van der Waals surface area contributed by atoms with Gasteiger partial charge in [-0.2, -0.15) is 11.8 Å². The molecule has 0 unspecified atom stereocenters. The maximum atomic E-state index is 14.0. The van der Waals surface area contributed by atoms with Crippen molar-refractivity contribution in [1.82, 2.24) is 5.32 Å². The third-order valence-electron chi connectivity index (χ3n) is 3.87. The SMILES string of the molecule is CN(c1ccccc1F)S(=O)(=O)c1cccc(C(=O)NCCSC(C)(C)C)c1. The number of halogens is 1. The number of hydrogen-bond acceptors (Lipinski definition) is 4. The van der Waals surface area contributed by atoms with Crippen molar-refractivity contribution in [3.63, 3.8) is 0 Å². The Balaban J connectivity index is 2.15. The molecule has 0 aliphatic heterocycles. The van der Waals surface area contributed by atoms with Crippen LogP contribution in [0.4, 0.5) is 10.1 Å². The van der Waals surface area contributed by atoms with Crippen LogP contribution in [-0.2, 0) is 10.0 Å². The number of anilines is 1. The fourth-order valence-corrected chi connectivity index (χ4v) is 4.48. The van der Waals surface area contributed by atoms with E-state index in [0.717, 1.165) is 10.1 Å². The van der Waals surface area contributed by atoms with Crippen LogP contribution >= 0.6 is 11.8 Å². The lowest BCUT2D eigenvalue weighted by atomic mass is 10.2. The van der Waals surface area contributed by atoms with Crippen LogP contribution in [0.1, 0.15) is 31.1 Å². The zero-order chi connectivity index (χ0) is 20.9. The van der Waals surface area contributed by atoms with Crippen molar-refractivity contribution >= 4 is 33.4 Å². The molecule has 2 rings (SSSR count). The van der Waals surface area contributed by atoms with Crippen molar-refractivity contribution < 1.29 is 17.6 Å². The summed E-state index contributed by atoms with van der Waals surface area (Å²) in [6.07, 6.45) is 0. The first-order chi connectivity index (χ1) is 13.0. The highest BCUT2D eigenvalue weighted by molar-refractivity contribution is 8.00. The summed E-state index contributed by atoms with van der Waals surface area (Å²) in [6, 6.07) is 11.4. The summed E-state index contributed by atoms with van der Waals surface area (Å²) in [5.74, 6) is -0.234. The highest BCUT2D eigenvalue weighted by Gasteiger charge is 2.24. The van der Waals surface area contributed by atoms with Crippen LogP contribution in [0, 0.1) is 5.82 Å². The number of carbonyl (C=O) groups excluding carboxylic acids is 1. The van der Waals surface area contributed by atoms with Crippen LogP contribution in [-0.4, -0.2) is 38.4 Å².